The Labute approximate surface area is 235 Å². The number of nitrogens with two attached hydrogens (primary N) is 1. The number of carbonyl (C=O) groups excluding carboxylic acids is 4. The molecule has 0 bridgehead atoms. The van der Waals surface area contributed by atoms with Crippen molar-refractivity contribution in [3.05, 3.63) is 71.8 Å². The van der Waals surface area contributed by atoms with Crippen LogP contribution in [0.15, 0.2) is 60.7 Å². The van der Waals surface area contributed by atoms with Gasteiger partial charge in [-0.05, 0) is 37.8 Å². The SMILES string of the molecule is CN1C(=O)C2CCN(C(=O)[C@@H](COCc3ccccc3)NC(=O)C(C)(C)N)CC2(Cc2ccccc2)C1=O.Cl. The van der Waals surface area contributed by atoms with Crippen molar-refractivity contribution in [2.45, 2.75) is 44.9 Å². The van der Waals surface area contributed by atoms with Crippen molar-refractivity contribution in [3.63, 3.8) is 0 Å². The molecule has 3 N–H and O–H groups in total. The Hall–Kier alpha value is -3.27. The Kier molecular flexibility index (Phi) is 9.53. The van der Waals surface area contributed by atoms with E-state index in [4.69, 9.17) is 10.5 Å². The van der Waals surface area contributed by atoms with Gasteiger partial charge in [0.25, 0.3) is 0 Å². The van der Waals surface area contributed by atoms with Gasteiger partial charge in [-0.25, -0.2) is 0 Å². The third-order valence-electron chi connectivity index (χ3n) is 7.45. The summed E-state index contributed by atoms with van der Waals surface area (Å²) in [6.07, 6.45) is 0.704. The quantitative estimate of drug-likeness (QED) is 0.455. The summed E-state index contributed by atoms with van der Waals surface area (Å²) in [5.41, 5.74) is 5.58. The van der Waals surface area contributed by atoms with Crippen LogP contribution in [0.2, 0.25) is 0 Å². The summed E-state index contributed by atoms with van der Waals surface area (Å²) in [4.78, 5) is 55.9. The number of amides is 4. The van der Waals surface area contributed by atoms with Gasteiger partial charge in [0, 0.05) is 20.1 Å². The van der Waals surface area contributed by atoms with Gasteiger partial charge >= 0.3 is 0 Å². The highest BCUT2D eigenvalue weighted by Crippen LogP contribution is 2.46. The molecule has 9 nitrogen and oxygen atoms in total. The third kappa shape index (κ3) is 6.49. The molecule has 2 aromatic rings. The molecule has 2 aliphatic heterocycles. The van der Waals surface area contributed by atoms with Gasteiger partial charge in [0.1, 0.15) is 6.04 Å². The highest BCUT2D eigenvalue weighted by Gasteiger charge is 2.60. The second-order valence-corrected chi connectivity index (χ2v) is 10.9. The van der Waals surface area contributed by atoms with Crippen molar-refractivity contribution >= 4 is 36.0 Å². The minimum absolute atomic E-state index is 0. The lowest BCUT2D eigenvalue weighted by molar-refractivity contribution is -0.147. The molecule has 210 valence electrons. The second-order valence-electron chi connectivity index (χ2n) is 10.9. The van der Waals surface area contributed by atoms with Gasteiger partial charge in [-0.2, -0.15) is 0 Å². The Bertz CT molecular complexity index is 1190. The number of nitrogens with one attached hydrogen (secondary N) is 1. The number of fused-ring (bicyclic) bond motifs is 1. The number of benzene rings is 2. The van der Waals surface area contributed by atoms with E-state index in [-0.39, 0.29) is 49.9 Å². The highest BCUT2D eigenvalue weighted by molar-refractivity contribution is 6.08. The maximum absolute atomic E-state index is 13.8. The molecular formula is C29H37ClN4O5. The van der Waals surface area contributed by atoms with E-state index in [1.807, 2.05) is 60.7 Å². The number of hydrogen-bond acceptors (Lipinski definition) is 6. The van der Waals surface area contributed by atoms with E-state index in [0.717, 1.165) is 11.1 Å². The number of imide groups is 1. The molecule has 2 unspecified atom stereocenters. The van der Waals surface area contributed by atoms with E-state index in [2.05, 4.69) is 5.32 Å². The van der Waals surface area contributed by atoms with Crippen LogP contribution in [-0.4, -0.2) is 71.8 Å². The standard InChI is InChI=1S/C29H36N4O5.ClH/c1-28(2,30)26(36)31-23(18-38-17-21-12-8-5-9-13-21)25(35)33-15-14-22-24(34)32(3)27(37)29(22,19-33)16-20-10-6-4-7-11-20;/h4-13,22-23H,14-19,30H2,1-3H3,(H,31,36);1H/t22?,23-,29?;/m1./s1. The Morgan fingerprint density at radius 3 is 2.26 bits per heavy atom. The van der Waals surface area contributed by atoms with Crippen LogP contribution in [0.3, 0.4) is 0 Å². The highest BCUT2D eigenvalue weighted by atomic mass is 35.5. The Balaban J connectivity index is 0.00000420. The van der Waals surface area contributed by atoms with Crippen LogP contribution in [0.5, 0.6) is 0 Å². The van der Waals surface area contributed by atoms with Crippen LogP contribution >= 0.6 is 12.4 Å². The van der Waals surface area contributed by atoms with E-state index in [1.165, 1.54) is 11.9 Å². The molecule has 39 heavy (non-hydrogen) atoms. The topological polar surface area (TPSA) is 122 Å². The van der Waals surface area contributed by atoms with Crippen LogP contribution in [-0.2, 0) is 36.9 Å². The van der Waals surface area contributed by atoms with Crippen molar-refractivity contribution in [1.29, 1.82) is 0 Å². The number of nitrogens with zero attached hydrogens (tertiary/aromatic N) is 2. The first-order valence-electron chi connectivity index (χ1n) is 12.9. The predicted octanol–water partition coefficient (Wildman–Crippen LogP) is 1.92. The largest absolute Gasteiger partial charge is 0.374 e. The fraction of sp³-hybridized carbons (Fsp3) is 0.448. The van der Waals surface area contributed by atoms with Crippen LogP contribution in [0, 0.1) is 11.3 Å². The van der Waals surface area contributed by atoms with E-state index in [9.17, 15) is 19.2 Å². The average molecular weight is 557 g/mol. The molecule has 2 aliphatic rings. The van der Waals surface area contributed by atoms with Gasteiger partial charge < -0.3 is 20.7 Å². The molecule has 2 saturated heterocycles. The smallest absolute Gasteiger partial charge is 0.247 e. The lowest BCUT2D eigenvalue weighted by atomic mass is 9.68. The summed E-state index contributed by atoms with van der Waals surface area (Å²) in [7, 11) is 1.51. The first-order chi connectivity index (χ1) is 18.0. The fourth-order valence-corrected chi connectivity index (χ4v) is 5.35. The Morgan fingerprint density at radius 1 is 1.08 bits per heavy atom. The van der Waals surface area contributed by atoms with Gasteiger partial charge in [0.05, 0.1) is 30.1 Å². The lowest BCUT2D eigenvalue weighted by Gasteiger charge is -2.43. The molecule has 0 aliphatic carbocycles. The minimum atomic E-state index is -1.20. The molecule has 10 heteroatoms. The van der Waals surface area contributed by atoms with Gasteiger partial charge in [-0.15, -0.1) is 12.4 Å². The summed E-state index contributed by atoms with van der Waals surface area (Å²) in [6.45, 7) is 3.71. The van der Waals surface area contributed by atoms with E-state index in [0.29, 0.717) is 19.4 Å². The zero-order chi connectivity index (χ0) is 27.5. The van der Waals surface area contributed by atoms with E-state index in [1.54, 1.807) is 18.7 Å². The number of halogens is 1. The Morgan fingerprint density at radius 2 is 1.67 bits per heavy atom. The maximum atomic E-state index is 13.8. The molecule has 0 radical (unpaired) electrons. The molecular weight excluding hydrogens is 520 g/mol. The van der Waals surface area contributed by atoms with Gasteiger partial charge in [-0.3, -0.25) is 24.1 Å². The summed E-state index contributed by atoms with van der Waals surface area (Å²) < 4.78 is 5.84. The zero-order valence-corrected chi connectivity index (χ0v) is 23.4. The number of ether oxygens (including phenoxy) is 1. The first kappa shape index (κ1) is 30.3. The maximum Gasteiger partial charge on any atom is 0.247 e. The number of carbonyl (C=O) groups is 4. The summed E-state index contributed by atoms with van der Waals surface area (Å²) in [6, 6.07) is 18.0. The van der Waals surface area contributed by atoms with Gasteiger partial charge in [-0.1, -0.05) is 60.7 Å². The van der Waals surface area contributed by atoms with Crippen molar-refractivity contribution in [2.24, 2.45) is 17.1 Å². The molecule has 2 aromatic carbocycles. The number of piperidine rings is 1. The summed E-state index contributed by atoms with van der Waals surface area (Å²) in [5, 5.41) is 2.75. The predicted molar refractivity (Wildman–Crippen MR) is 149 cm³/mol. The lowest BCUT2D eigenvalue weighted by Crippen LogP contribution is -2.61. The number of likely N-dealkylation sites (tertiary alicyclic amines) is 2. The second kappa shape index (κ2) is 12.3. The van der Waals surface area contributed by atoms with E-state index >= 15 is 0 Å². The average Bonchev–Trinajstić information content (AvgIpc) is 3.08. The van der Waals surface area contributed by atoms with E-state index < -0.39 is 28.8 Å². The van der Waals surface area contributed by atoms with Crippen LogP contribution in [0.1, 0.15) is 31.4 Å². The van der Waals surface area contributed by atoms with Gasteiger partial charge in [0.15, 0.2) is 0 Å². The molecule has 4 rings (SSSR count). The van der Waals surface area contributed by atoms with Crippen molar-refractivity contribution < 1.29 is 23.9 Å². The molecule has 0 spiro atoms. The molecule has 3 atom stereocenters. The third-order valence-corrected chi connectivity index (χ3v) is 7.45. The zero-order valence-electron chi connectivity index (χ0n) is 22.6. The van der Waals surface area contributed by atoms with Crippen molar-refractivity contribution in [3.8, 4) is 0 Å². The van der Waals surface area contributed by atoms with Gasteiger partial charge in [0.2, 0.25) is 23.6 Å². The number of hydrogen-bond donors (Lipinski definition) is 2. The molecule has 4 amide bonds. The minimum Gasteiger partial charge on any atom is -0.374 e. The molecule has 2 heterocycles. The monoisotopic (exact) mass is 556 g/mol. The molecule has 0 saturated carbocycles. The van der Waals surface area contributed by atoms with Crippen LogP contribution in [0.4, 0.5) is 0 Å². The summed E-state index contributed by atoms with van der Waals surface area (Å²) >= 11 is 0. The molecule has 2 fully saturated rings. The van der Waals surface area contributed by atoms with Crippen LogP contribution in [0.25, 0.3) is 0 Å². The van der Waals surface area contributed by atoms with Crippen LogP contribution < -0.4 is 11.1 Å². The van der Waals surface area contributed by atoms with Crippen molar-refractivity contribution in [1.82, 2.24) is 15.1 Å². The first-order valence-corrected chi connectivity index (χ1v) is 12.9. The van der Waals surface area contributed by atoms with Crippen molar-refractivity contribution in [2.75, 3.05) is 26.7 Å². The fourth-order valence-electron chi connectivity index (χ4n) is 5.35. The molecule has 0 aromatic heterocycles. The number of rotatable bonds is 9. The normalized spacial score (nSPS) is 21.7. The summed E-state index contributed by atoms with van der Waals surface area (Å²) in [5.74, 6) is -1.84.